The minimum Gasteiger partial charge on any atom is -0.497 e. The predicted molar refractivity (Wildman–Crippen MR) is 96.2 cm³/mol. The Morgan fingerprint density at radius 2 is 1.77 bits per heavy atom. The molecule has 0 saturated heterocycles. The van der Waals surface area contributed by atoms with Crippen molar-refractivity contribution in [2.24, 2.45) is 5.92 Å². The fraction of sp³-hybridized carbons (Fsp3) is 0.294. The third-order valence-electron chi connectivity index (χ3n) is 3.68. The zero-order chi connectivity index (χ0) is 16.5. The van der Waals surface area contributed by atoms with Gasteiger partial charge >= 0.3 is 0 Å². The molecule has 1 aromatic rings. The Hall–Kier alpha value is -0.600. The van der Waals surface area contributed by atoms with Crippen LogP contribution in [0.2, 0.25) is 10.0 Å². The predicted octanol–water partition coefficient (Wildman–Crippen LogP) is 6.54. The molecule has 0 N–H and O–H groups in total. The molecule has 1 aliphatic carbocycles. The number of alkyl halides is 2. The highest BCUT2D eigenvalue weighted by molar-refractivity contribution is 6.52. The minimum atomic E-state index is -0.904. The second kappa shape index (κ2) is 6.88. The maximum atomic E-state index is 6.43. The number of ether oxygens (including phenoxy) is 1. The van der Waals surface area contributed by atoms with E-state index in [0.29, 0.717) is 10.0 Å². The van der Waals surface area contributed by atoms with Gasteiger partial charge in [0.25, 0.3) is 0 Å². The number of halogens is 4. The minimum absolute atomic E-state index is 0.0826. The lowest BCUT2D eigenvalue weighted by molar-refractivity contribution is 0.306. The number of methoxy groups -OCH3 is 1. The van der Waals surface area contributed by atoms with E-state index in [4.69, 9.17) is 51.1 Å². The molecule has 1 aliphatic rings. The maximum Gasteiger partial charge on any atom is 0.133 e. The molecule has 0 bridgehead atoms. The molecule has 0 aromatic heterocycles. The van der Waals surface area contributed by atoms with E-state index in [2.05, 4.69) is 6.58 Å². The van der Waals surface area contributed by atoms with Crippen LogP contribution in [0.5, 0.6) is 0 Å². The molecule has 0 amide bonds. The molecule has 118 valence electrons. The van der Waals surface area contributed by atoms with Gasteiger partial charge in [-0.2, -0.15) is 0 Å². The third-order valence-corrected chi connectivity index (χ3v) is 5.06. The summed E-state index contributed by atoms with van der Waals surface area (Å²) in [6.07, 6.45) is 5.57. The molecule has 2 rings (SSSR count). The Bertz CT molecular complexity index is 626. The highest BCUT2D eigenvalue weighted by atomic mass is 35.5. The smallest absolute Gasteiger partial charge is 0.133 e. The molecular formula is C17H16Cl4O. The van der Waals surface area contributed by atoms with Crippen LogP contribution < -0.4 is 0 Å². The number of allylic oxidation sites excluding steroid dienone is 4. The van der Waals surface area contributed by atoms with Gasteiger partial charge in [0.05, 0.1) is 7.11 Å². The first-order valence-corrected chi connectivity index (χ1v) is 8.23. The van der Waals surface area contributed by atoms with Gasteiger partial charge in [-0.1, -0.05) is 35.9 Å². The molecule has 0 spiro atoms. The summed E-state index contributed by atoms with van der Waals surface area (Å²) in [6, 6.07) is 5.35. The molecule has 22 heavy (non-hydrogen) atoms. The molecule has 2 atom stereocenters. The van der Waals surface area contributed by atoms with E-state index >= 15 is 0 Å². The van der Waals surface area contributed by atoms with Gasteiger partial charge in [-0.25, -0.2) is 0 Å². The first-order valence-electron chi connectivity index (χ1n) is 6.72. The highest BCUT2D eigenvalue weighted by Crippen LogP contribution is 2.67. The lowest BCUT2D eigenvalue weighted by atomic mass is 10.1. The SMILES string of the molecule is C=C(/C=C\C(=C/C)OC)C1C(c2cc(Cl)cc(Cl)c2)C1(Cl)Cl. The molecule has 1 fully saturated rings. The number of rotatable bonds is 5. The van der Waals surface area contributed by atoms with E-state index in [0.717, 1.165) is 16.9 Å². The zero-order valence-electron chi connectivity index (χ0n) is 12.2. The molecule has 1 aromatic carbocycles. The lowest BCUT2D eigenvalue weighted by Gasteiger charge is -2.03. The quantitative estimate of drug-likeness (QED) is 0.321. The van der Waals surface area contributed by atoms with Crippen molar-refractivity contribution in [3.63, 3.8) is 0 Å². The van der Waals surface area contributed by atoms with Crippen molar-refractivity contribution in [3.05, 3.63) is 69.9 Å². The molecule has 0 radical (unpaired) electrons. The van der Waals surface area contributed by atoms with Gasteiger partial charge in [0.1, 0.15) is 10.1 Å². The van der Waals surface area contributed by atoms with Crippen LogP contribution in [-0.2, 0) is 4.74 Å². The van der Waals surface area contributed by atoms with Crippen LogP contribution in [0.1, 0.15) is 18.4 Å². The summed E-state index contributed by atoms with van der Waals surface area (Å²) in [6.45, 7) is 5.97. The van der Waals surface area contributed by atoms with Crippen molar-refractivity contribution < 1.29 is 4.74 Å². The summed E-state index contributed by atoms with van der Waals surface area (Å²) in [5, 5.41) is 1.13. The number of benzene rings is 1. The summed E-state index contributed by atoms with van der Waals surface area (Å²) >= 11 is 25.0. The highest BCUT2D eigenvalue weighted by Gasteiger charge is 2.64. The van der Waals surface area contributed by atoms with E-state index in [1.54, 1.807) is 13.2 Å². The van der Waals surface area contributed by atoms with E-state index in [1.807, 2.05) is 37.3 Å². The Balaban J connectivity index is 2.21. The second-order valence-corrected chi connectivity index (χ2v) is 7.45. The van der Waals surface area contributed by atoms with Crippen molar-refractivity contribution in [2.45, 2.75) is 17.2 Å². The summed E-state index contributed by atoms with van der Waals surface area (Å²) in [7, 11) is 1.61. The molecule has 0 heterocycles. The Morgan fingerprint density at radius 3 is 2.27 bits per heavy atom. The zero-order valence-corrected chi connectivity index (χ0v) is 15.3. The van der Waals surface area contributed by atoms with Crippen LogP contribution in [0.3, 0.4) is 0 Å². The lowest BCUT2D eigenvalue weighted by Crippen LogP contribution is -1.92. The topological polar surface area (TPSA) is 9.23 Å². The first kappa shape index (κ1) is 17.7. The van der Waals surface area contributed by atoms with Crippen LogP contribution in [0.4, 0.5) is 0 Å². The van der Waals surface area contributed by atoms with E-state index < -0.39 is 4.33 Å². The Kier molecular flexibility index (Phi) is 5.55. The van der Waals surface area contributed by atoms with Gasteiger partial charge in [0.2, 0.25) is 0 Å². The van der Waals surface area contributed by atoms with Gasteiger partial charge in [0, 0.05) is 21.9 Å². The maximum absolute atomic E-state index is 6.43. The van der Waals surface area contributed by atoms with Crippen LogP contribution in [0.15, 0.2) is 54.3 Å². The molecule has 5 heteroatoms. The fourth-order valence-electron chi connectivity index (χ4n) is 2.53. The summed E-state index contributed by atoms with van der Waals surface area (Å²) in [5.41, 5.74) is 1.75. The van der Waals surface area contributed by atoms with Gasteiger partial charge in [-0.15, -0.1) is 23.2 Å². The number of hydrogen-bond donors (Lipinski definition) is 0. The van der Waals surface area contributed by atoms with Crippen LogP contribution in [0.25, 0.3) is 0 Å². The van der Waals surface area contributed by atoms with Gasteiger partial charge in [-0.05, 0) is 48.4 Å². The Morgan fingerprint density at radius 1 is 1.18 bits per heavy atom. The van der Waals surface area contributed by atoms with Gasteiger partial charge < -0.3 is 4.74 Å². The summed E-state index contributed by atoms with van der Waals surface area (Å²) < 4.78 is 4.27. The Labute approximate surface area is 151 Å². The fourth-order valence-corrected chi connectivity index (χ4v) is 3.99. The average molecular weight is 378 g/mol. The van der Waals surface area contributed by atoms with Crippen LogP contribution in [-0.4, -0.2) is 11.4 Å². The van der Waals surface area contributed by atoms with Gasteiger partial charge in [-0.3, -0.25) is 0 Å². The number of hydrogen-bond acceptors (Lipinski definition) is 1. The first-order chi connectivity index (χ1) is 10.3. The molecule has 1 nitrogen and oxygen atoms in total. The van der Waals surface area contributed by atoms with Gasteiger partial charge in [0.15, 0.2) is 0 Å². The molecule has 0 aliphatic heterocycles. The van der Waals surface area contributed by atoms with Crippen molar-refractivity contribution in [1.82, 2.24) is 0 Å². The average Bonchev–Trinajstić information content (AvgIpc) is 3.01. The van der Waals surface area contributed by atoms with Crippen molar-refractivity contribution in [3.8, 4) is 0 Å². The van der Waals surface area contributed by atoms with Crippen LogP contribution >= 0.6 is 46.4 Å². The van der Waals surface area contributed by atoms with Crippen LogP contribution in [0, 0.1) is 5.92 Å². The standard InChI is InChI=1S/C17H16Cl4O/c1-4-14(22-3)6-5-10(2)15-16(17(15,20)21)11-7-12(18)9-13(19)8-11/h4-9,15-16H,2H2,1,3H3/b6-5-,14-4+. The second-order valence-electron chi connectivity index (χ2n) is 5.14. The van der Waals surface area contributed by atoms with Crippen molar-refractivity contribution >= 4 is 46.4 Å². The molecule has 1 saturated carbocycles. The largest absolute Gasteiger partial charge is 0.497 e. The van der Waals surface area contributed by atoms with Crippen molar-refractivity contribution in [2.75, 3.05) is 7.11 Å². The van der Waals surface area contributed by atoms with E-state index in [-0.39, 0.29) is 11.8 Å². The summed E-state index contributed by atoms with van der Waals surface area (Å²) in [5.74, 6) is 0.580. The molecular weight excluding hydrogens is 362 g/mol. The van der Waals surface area contributed by atoms with Crippen molar-refractivity contribution in [1.29, 1.82) is 0 Å². The van der Waals surface area contributed by atoms with E-state index in [1.165, 1.54) is 0 Å². The third kappa shape index (κ3) is 3.65. The molecule has 2 unspecified atom stereocenters. The normalized spacial score (nSPS) is 23.6. The summed E-state index contributed by atoms with van der Waals surface area (Å²) in [4.78, 5) is 0. The van der Waals surface area contributed by atoms with E-state index in [9.17, 15) is 0 Å². The monoisotopic (exact) mass is 376 g/mol.